The highest BCUT2D eigenvalue weighted by atomic mass is 35.5. The molecule has 2 amide bonds. The summed E-state index contributed by atoms with van der Waals surface area (Å²) in [6, 6.07) is 7.00. The summed E-state index contributed by atoms with van der Waals surface area (Å²) >= 11 is 12.3. The van der Waals surface area contributed by atoms with E-state index in [1.54, 1.807) is 58.2 Å². The number of carbonyl (C=O) groups is 2. The largest absolute Gasteiger partial charge is 0.444 e. The number of rotatable bonds is 11. The quantitative estimate of drug-likeness (QED) is 0.330. The van der Waals surface area contributed by atoms with Crippen molar-refractivity contribution in [1.29, 1.82) is 0 Å². The first kappa shape index (κ1) is 31.2. The van der Waals surface area contributed by atoms with Gasteiger partial charge in [0.25, 0.3) is 5.56 Å². The molecule has 0 bridgehead atoms. The zero-order chi connectivity index (χ0) is 29.4. The highest BCUT2D eigenvalue weighted by molar-refractivity contribution is 6.30. The molecule has 10 nitrogen and oxygen atoms in total. The molecular formula is C28H34Cl2N4O6. The molecule has 2 N–H and O–H groups in total. The van der Waals surface area contributed by atoms with Crippen LogP contribution >= 0.6 is 23.2 Å². The lowest BCUT2D eigenvalue weighted by Gasteiger charge is -2.20. The normalized spacial score (nSPS) is 11.4. The number of carbonyl (C=O) groups excluding carboxylic acids is 2. The number of aromatic nitrogens is 2. The zero-order valence-corrected chi connectivity index (χ0v) is 24.7. The smallest absolute Gasteiger partial charge is 0.407 e. The van der Waals surface area contributed by atoms with Crippen LogP contribution in [0.1, 0.15) is 54.6 Å². The van der Waals surface area contributed by atoms with Crippen molar-refractivity contribution in [3.05, 3.63) is 84.9 Å². The molecule has 3 rings (SSSR count). The summed E-state index contributed by atoms with van der Waals surface area (Å²) in [6.07, 6.45) is 1.41. The van der Waals surface area contributed by atoms with E-state index in [2.05, 4.69) is 15.6 Å². The van der Waals surface area contributed by atoms with Crippen LogP contribution in [0.15, 0.2) is 39.7 Å². The van der Waals surface area contributed by atoms with Gasteiger partial charge in [0, 0.05) is 49.9 Å². The number of pyridine rings is 1. The molecule has 0 spiro atoms. The van der Waals surface area contributed by atoms with Gasteiger partial charge >= 0.3 is 6.09 Å². The Morgan fingerprint density at radius 1 is 1.10 bits per heavy atom. The van der Waals surface area contributed by atoms with Gasteiger partial charge in [-0.15, -0.1) is 0 Å². The Labute approximate surface area is 243 Å². The fourth-order valence-corrected chi connectivity index (χ4v) is 4.30. The Morgan fingerprint density at radius 2 is 1.82 bits per heavy atom. The van der Waals surface area contributed by atoms with Gasteiger partial charge in [-0.2, -0.15) is 0 Å². The Balaban J connectivity index is 1.64. The summed E-state index contributed by atoms with van der Waals surface area (Å²) in [5, 5.41) is 6.22. The van der Waals surface area contributed by atoms with Crippen LogP contribution < -0.4 is 16.2 Å². The number of hydrogen-bond acceptors (Lipinski definition) is 7. The number of nitrogens with one attached hydrogen (secondary N) is 2. The molecule has 216 valence electrons. The Bertz CT molecular complexity index is 1410. The number of alkyl carbamates (subject to hydrolysis) is 1. The van der Waals surface area contributed by atoms with E-state index in [-0.39, 0.29) is 42.8 Å². The number of hydrogen-bond donors (Lipinski definition) is 2. The maximum Gasteiger partial charge on any atom is 0.407 e. The monoisotopic (exact) mass is 592 g/mol. The molecule has 0 saturated heterocycles. The summed E-state index contributed by atoms with van der Waals surface area (Å²) in [6.45, 7) is 8.00. The van der Waals surface area contributed by atoms with Gasteiger partial charge < -0.3 is 29.1 Å². The molecule has 0 aliphatic carbocycles. The molecule has 0 unspecified atom stereocenters. The topological polar surface area (TPSA) is 125 Å². The summed E-state index contributed by atoms with van der Waals surface area (Å²) in [5.74, 6) is 0.0346. The van der Waals surface area contributed by atoms with E-state index in [0.29, 0.717) is 40.7 Å². The van der Waals surface area contributed by atoms with Crippen LogP contribution in [0.3, 0.4) is 0 Å². The maximum absolute atomic E-state index is 13.2. The van der Waals surface area contributed by atoms with Crippen LogP contribution in [0.5, 0.6) is 0 Å². The Kier molecular flexibility index (Phi) is 10.8. The molecule has 0 aliphatic heterocycles. The molecule has 40 heavy (non-hydrogen) atoms. The minimum absolute atomic E-state index is 0.0970. The number of ether oxygens (including phenoxy) is 2. The highest BCUT2D eigenvalue weighted by Gasteiger charge is 2.17. The second kappa shape index (κ2) is 13.8. The van der Waals surface area contributed by atoms with Gasteiger partial charge in [-0.3, -0.25) is 9.59 Å². The average molecular weight is 594 g/mol. The number of halogens is 2. The molecule has 2 heterocycles. The summed E-state index contributed by atoms with van der Waals surface area (Å²) < 4.78 is 17.2. The third kappa shape index (κ3) is 9.11. The van der Waals surface area contributed by atoms with Gasteiger partial charge in [-0.25, -0.2) is 9.78 Å². The third-order valence-corrected chi connectivity index (χ3v) is 6.38. The lowest BCUT2D eigenvalue weighted by molar-refractivity contribution is -0.120. The Morgan fingerprint density at radius 3 is 2.52 bits per heavy atom. The maximum atomic E-state index is 13.2. The van der Waals surface area contributed by atoms with E-state index in [4.69, 9.17) is 37.1 Å². The first-order chi connectivity index (χ1) is 18.9. The van der Waals surface area contributed by atoms with Crippen molar-refractivity contribution in [2.75, 3.05) is 7.11 Å². The molecule has 0 saturated carbocycles. The van der Waals surface area contributed by atoms with Crippen molar-refractivity contribution in [1.82, 2.24) is 20.2 Å². The van der Waals surface area contributed by atoms with E-state index in [1.807, 2.05) is 0 Å². The minimum Gasteiger partial charge on any atom is -0.444 e. The Hall–Kier alpha value is -3.34. The first-order valence-corrected chi connectivity index (χ1v) is 13.4. The summed E-state index contributed by atoms with van der Waals surface area (Å²) in [4.78, 5) is 42.4. The summed E-state index contributed by atoms with van der Waals surface area (Å²) in [5.41, 5.74) is 2.25. The van der Waals surface area contributed by atoms with E-state index in [9.17, 15) is 14.4 Å². The van der Waals surface area contributed by atoms with Crippen LogP contribution in [0.2, 0.25) is 10.2 Å². The number of benzene rings is 1. The van der Waals surface area contributed by atoms with Crippen molar-refractivity contribution >= 4 is 35.2 Å². The van der Waals surface area contributed by atoms with Gasteiger partial charge in [-0.1, -0.05) is 17.7 Å². The summed E-state index contributed by atoms with van der Waals surface area (Å²) in [7, 11) is 1.53. The minimum atomic E-state index is -0.619. The molecule has 1 aromatic carbocycles. The third-order valence-electron chi connectivity index (χ3n) is 5.85. The number of aryl methyl sites for hydroxylation is 3. The standard InChI is InChI=1S/C28H34Cl2N4O6/c1-17-8-10-34(11-9-22-25(30)39-24(33-22)16-38-5)26(36)21(17)13-23(35)31-15-19-12-20(29)7-6-18(19)14-32-27(37)40-28(2,3)4/h6-8,10,12H,9,11,13-16H2,1-5H3,(H,31,35)(H,32,37). The van der Waals surface area contributed by atoms with E-state index < -0.39 is 11.7 Å². The lowest BCUT2D eigenvalue weighted by atomic mass is 10.1. The number of amides is 2. The zero-order valence-electron chi connectivity index (χ0n) is 23.2. The SMILES string of the molecule is COCc1nc(CCn2ccc(C)c(CC(=O)NCc3cc(Cl)ccc3CNC(=O)OC(C)(C)C)c2=O)c(Cl)o1. The molecule has 0 aliphatic rings. The van der Waals surface area contributed by atoms with E-state index in [0.717, 1.165) is 11.1 Å². The number of nitrogens with zero attached hydrogens (tertiary/aromatic N) is 2. The fraction of sp³-hybridized carbons (Fsp3) is 0.429. The molecule has 0 atom stereocenters. The second-order valence-corrected chi connectivity index (χ2v) is 11.0. The first-order valence-electron chi connectivity index (χ1n) is 12.7. The van der Waals surface area contributed by atoms with E-state index >= 15 is 0 Å². The van der Waals surface area contributed by atoms with Gasteiger partial charge in [0.15, 0.2) is 0 Å². The highest BCUT2D eigenvalue weighted by Crippen LogP contribution is 2.19. The van der Waals surface area contributed by atoms with Crippen LogP contribution in [0, 0.1) is 6.92 Å². The lowest BCUT2D eigenvalue weighted by Crippen LogP contribution is -2.33. The fourth-order valence-electron chi connectivity index (χ4n) is 3.88. The second-order valence-electron chi connectivity index (χ2n) is 10.2. The average Bonchev–Trinajstić information content (AvgIpc) is 3.22. The van der Waals surface area contributed by atoms with Crippen LogP contribution in [-0.2, 0) is 53.4 Å². The molecular weight excluding hydrogens is 559 g/mol. The van der Waals surface area contributed by atoms with Gasteiger partial charge in [-0.05, 0) is 74.2 Å². The van der Waals surface area contributed by atoms with Crippen molar-refractivity contribution in [3.63, 3.8) is 0 Å². The predicted molar refractivity (Wildman–Crippen MR) is 151 cm³/mol. The van der Waals surface area contributed by atoms with Gasteiger partial charge in [0.05, 0.1) is 6.42 Å². The molecule has 3 aromatic rings. The van der Waals surface area contributed by atoms with Gasteiger partial charge in [0.2, 0.25) is 17.0 Å². The van der Waals surface area contributed by atoms with E-state index in [1.165, 1.54) is 11.7 Å². The molecule has 2 aromatic heterocycles. The van der Waals surface area contributed by atoms with Crippen molar-refractivity contribution < 1.29 is 23.5 Å². The number of oxazole rings is 1. The van der Waals surface area contributed by atoms with Crippen LogP contribution in [0.4, 0.5) is 4.79 Å². The van der Waals surface area contributed by atoms with Crippen molar-refractivity contribution in [2.45, 2.75) is 72.4 Å². The van der Waals surface area contributed by atoms with Crippen LogP contribution in [-0.4, -0.2) is 34.3 Å². The van der Waals surface area contributed by atoms with Crippen molar-refractivity contribution in [3.8, 4) is 0 Å². The van der Waals surface area contributed by atoms with Crippen LogP contribution in [0.25, 0.3) is 0 Å². The molecule has 0 radical (unpaired) electrons. The molecule has 12 heteroatoms. The number of methoxy groups -OCH3 is 1. The molecule has 0 fully saturated rings. The van der Waals surface area contributed by atoms with Crippen molar-refractivity contribution in [2.24, 2.45) is 0 Å². The predicted octanol–water partition coefficient (Wildman–Crippen LogP) is 4.72. The van der Waals surface area contributed by atoms with Gasteiger partial charge in [0.1, 0.15) is 17.9 Å².